The SMILES string of the molecule is Cc1cc(OC(C)C(=O)N(C)C2CCN(CC(O)COc3ccccc3)CC2)c(C)c(C)c1N. The molecule has 0 aromatic heterocycles. The number of amides is 1. The van der Waals surface area contributed by atoms with Crippen molar-refractivity contribution in [1.29, 1.82) is 0 Å². The van der Waals surface area contributed by atoms with Crippen molar-refractivity contribution in [3.63, 3.8) is 0 Å². The van der Waals surface area contributed by atoms with Gasteiger partial charge >= 0.3 is 0 Å². The molecule has 0 aliphatic carbocycles. The Labute approximate surface area is 203 Å². The molecule has 3 N–H and O–H groups in total. The highest BCUT2D eigenvalue weighted by atomic mass is 16.5. The van der Waals surface area contributed by atoms with Gasteiger partial charge in [0.2, 0.25) is 0 Å². The zero-order valence-corrected chi connectivity index (χ0v) is 21.1. The maximum atomic E-state index is 13.1. The van der Waals surface area contributed by atoms with Crippen molar-refractivity contribution in [1.82, 2.24) is 9.80 Å². The maximum Gasteiger partial charge on any atom is 0.263 e. The average molecular weight is 470 g/mol. The second kappa shape index (κ2) is 11.6. The van der Waals surface area contributed by atoms with Crippen LogP contribution in [0.1, 0.15) is 36.5 Å². The Kier molecular flexibility index (Phi) is 8.80. The van der Waals surface area contributed by atoms with E-state index in [-0.39, 0.29) is 18.6 Å². The van der Waals surface area contributed by atoms with Gasteiger partial charge in [0.05, 0.1) is 0 Å². The Hall–Kier alpha value is -2.77. The molecule has 1 fully saturated rings. The smallest absolute Gasteiger partial charge is 0.263 e. The summed E-state index contributed by atoms with van der Waals surface area (Å²) in [6.07, 6.45) is 0.585. The molecule has 1 heterocycles. The summed E-state index contributed by atoms with van der Waals surface area (Å²) < 4.78 is 11.7. The number of ether oxygens (including phenoxy) is 2. The number of carbonyl (C=O) groups excluding carboxylic acids is 1. The number of rotatable bonds is 9. The molecular formula is C27H39N3O4. The van der Waals surface area contributed by atoms with Gasteiger partial charge in [0.1, 0.15) is 24.2 Å². The van der Waals surface area contributed by atoms with E-state index < -0.39 is 12.2 Å². The Balaban J connectivity index is 1.46. The van der Waals surface area contributed by atoms with E-state index in [1.807, 2.05) is 69.1 Å². The average Bonchev–Trinajstić information content (AvgIpc) is 2.84. The van der Waals surface area contributed by atoms with Gasteiger partial charge in [0.15, 0.2) is 6.10 Å². The van der Waals surface area contributed by atoms with Crippen LogP contribution in [0.15, 0.2) is 36.4 Å². The number of β-amino-alcohol motifs (C(OH)–C–C–N with tert-alkyl or cyclic N) is 1. The van der Waals surface area contributed by atoms with E-state index in [1.54, 1.807) is 6.92 Å². The number of nitrogen functional groups attached to an aromatic ring is 1. The fourth-order valence-corrected chi connectivity index (χ4v) is 4.44. The summed E-state index contributed by atoms with van der Waals surface area (Å²) in [5.41, 5.74) is 9.80. The number of hydrogen-bond acceptors (Lipinski definition) is 6. The zero-order chi connectivity index (χ0) is 24.8. The molecule has 1 aliphatic heterocycles. The molecular weight excluding hydrogens is 430 g/mol. The molecule has 0 radical (unpaired) electrons. The fourth-order valence-electron chi connectivity index (χ4n) is 4.44. The number of nitrogens with zero attached hydrogens (tertiary/aromatic N) is 2. The van der Waals surface area contributed by atoms with Crippen LogP contribution in [0.2, 0.25) is 0 Å². The van der Waals surface area contributed by atoms with Crippen molar-refractivity contribution in [3.8, 4) is 11.5 Å². The number of hydrogen-bond donors (Lipinski definition) is 2. The van der Waals surface area contributed by atoms with E-state index >= 15 is 0 Å². The summed E-state index contributed by atoms with van der Waals surface area (Å²) in [4.78, 5) is 17.1. The number of aliphatic hydroxyl groups excluding tert-OH is 1. The normalized spacial score (nSPS) is 16.6. The molecule has 2 aromatic rings. The molecule has 1 aliphatic rings. The topological polar surface area (TPSA) is 88.3 Å². The number of piperidine rings is 1. The molecule has 0 saturated carbocycles. The predicted octanol–water partition coefficient (Wildman–Crippen LogP) is 3.32. The molecule has 3 rings (SSSR count). The summed E-state index contributed by atoms with van der Waals surface area (Å²) >= 11 is 0. The summed E-state index contributed by atoms with van der Waals surface area (Å²) in [5, 5.41) is 10.4. The molecule has 2 atom stereocenters. The van der Waals surface area contributed by atoms with Crippen LogP contribution in [0.5, 0.6) is 11.5 Å². The number of benzene rings is 2. The quantitative estimate of drug-likeness (QED) is 0.548. The Morgan fingerprint density at radius 2 is 1.82 bits per heavy atom. The van der Waals surface area contributed by atoms with Crippen LogP contribution < -0.4 is 15.2 Å². The summed E-state index contributed by atoms with van der Waals surface area (Å²) in [6, 6.07) is 11.6. The Morgan fingerprint density at radius 3 is 2.47 bits per heavy atom. The Morgan fingerprint density at radius 1 is 1.18 bits per heavy atom. The molecule has 1 amide bonds. The fraction of sp³-hybridized carbons (Fsp3) is 0.519. The number of nitrogens with two attached hydrogens (primary N) is 1. The van der Waals surface area contributed by atoms with E-state index in [0.29, 0.717) is 12.3 Å². The van der Waals surface area contributed by atoms with E-state index in [2.05, 4.69) is 4.90 Å². The monoisotopic (exact) mass is 469 g/mol. The second-order valence-electron chi connectivity index (χ2n) is 9.37. The highest BCUT2D eigenvalue weighted by molar-refractivity contribution is 5.81. The third kappa shape index (κ3) is 6.42. The first kappa shape index (κ1) is 25.8. The van der Waals surface area contributed by atoms with Gasteiger partial charge in [0, 0.05) is 38.4 Å². The molecule has 2 unspecified atom stereocenters. The van der Waals surface area contributed by atoms with Gasteiger partial charge in [-0.15, -0.1) is 0 Å². The lowest BCUT2D eigenvalue weighted by Gasteiger charge is -2.38. The van der Waals surface area contributed by atoms with Crippen LogP contribution in [0, 0.1) is 20.8 Å². The van der Waals surface area contributed by atoms with Crippen molar-refractivity contribution in [2.24, 2.45) is 0 Å². The molecule has 0 bridgehead atoms. The van der Waals surface area contributed by atoms with Gasteiger partial charge < -0.3 is 30.1 Å². The zero-order valence-electron chi connectivity index (χ0n) is 21.1. The number of aryl methyl sites for hydroxylation is 1. The summed E-state index contributed by atoms with van der Waals surface area (Å²) in [7, 11) is 1.86. The highest BCUT2D eigenvalue weighted by Crippen LogP contribution is 2.30. The predicted molar refractivity (Wildman–Crippen MR) is 135 cm³/mol. The van der Waals surface area contributed by atoms with Gasteiger partial charge in [-0.1, -0.05) is 18.2 Å². The molecule has 0 spiro atoms. The van der Waals surface area contributed by atoms with Crippen LogP contribution >= 0.6 is 0 Å². The minimum Gasteiger partial charge on any atom is -0.491 e. The number of aliphatic hydroxyl groups is 1. The van der Waals surface area contributed by atoms with Crippen molar-refractivity contribution in [3.05, 3.63) is 53.1 Å². The minimum absolute atomic E-state index is 0.0266. The molecule has 186 valence electrons. The molecule has 2 aromatic carbocycles. The standard InChI is InChI=1S/C27H39N3O4/c1-18-15-25(19(2)20(3)26(18)28)34-21(4)27(32)29(5)22-11-13-30(14-12-22)16-23(31)17-33-24-9-7-6-8-10-24/h6-10,15,21-23,31H,11-14,16-17,28H2,1-5H3. The van der Waals surface area contributed by atoms with Gasteiger partial charge in [-0.2, -0.15) is 0 Å². The first-order valence-electron chi connectivity index (χ1n) is 12.0. The third-order valence-electron chi connectivity index (χ3n) is 6.87. The number of likely N-dealkylation sites (N-methyl/N-ethyl adjacent to an activating group) is 1. The van der Waals surface area contributed by atoms with Crippen LogP contribution in [-0.2, 0) is 4.79 Å². The lowest BCUT2D eigenvalue weighted by molar-refractivity contribution is -0.139. The van der Waals surface area contributed by atoms with Crippen LogP contribution in [0.25, 0.3) is 0 Å². The number of anilines is 1. The van der Waals surface area contributed by atoms with Crippen LogP contribution in [0.3, 0.4) is 0 Å². The van der Waals surface area contributed by atoms with Gasteiger partial charge in [-0.05, 0) is 75.4 Å². The van der Waals surface area contributed by atoms with Crippen molar-refractivity contribution in [2.75, 3.05) is 39.0 Å². The van der Waals surface area contributed by atoms with E-state index in [1.165, 1.54) is 0 Å². The van der Waals surface area contributed by atoms with Gasteiger partial charge in [-0.25, -0.2) is 0 Å². The largest absolute Gasteiger partial charge is 0.491 e. The van der Waals surface area contributed by atoms with Crippen LogP contribution in [-0.4, -0.2) is 72.4 Å². The van der Waals surface area contributed by atoms with E-state index in [4.69, 9.17) is 15.2 Å². The molecule has 34 heavy (non-hydrogen) atoms. The molecule has 1 saturated heterocycles. The molecule has 7 nitrogen and oxygen atoms in total. The Bertz CT molecular complexity index is 958. The van der Waals surface area contributed by atoms with E-state index in [9.17, 15) is 9.90 Å². The summed E-state index contributed by atoms with van der Waals surface area (Å²) in [5.74, 6) is 1.44. The van der Waals surface area contributed by atoms with Crippen LogP contribution in [0.4, 0.5) is 5.69 Å². The third-order valence-corrected chi connectivity index (χ3v) is 6.87. The first-order chi connectivity index (χ1) is 16.2. The lowest BCUT2D eigenvalue weighted by Crippen LogP contribution is -2.50. The highest BCUT2D eigenvalue weighted by Gasteiger charge is 2.29. The lowest BCUT2D eigenvalue weighted by atomic mass is 10.0. The van der Waals surface area contributed by atoms with Gasteiger partial charge in [-0.3, -0.25) is 4.79 Å². The maximum absolute atomic E-state index is 13.1. The number of para-hydroxylation sites is 1. The van der Waals surface area contributed by atoms with Crippen molar-refractivity contribution >= 4 is 11.6 Å². The first-order valence-corrected chi connectivity index (χ1v) is 12.0. The second-order valence-corrected chi connectivity index (χ2v) is 9.37. The van der Waals surface area contributed by atoms with Crippen molar-refractivity contribution in [2.45, 2.75) is 58.8 Å². The number of carbonyl (C=O) groups is 1. The molecule has 7 heteroatoms. The van der Waals surface area contributed by atoms with Gasteiger partial charge in [0.25, 0.3) is 5.91 Å². The van der Waals surface area contributed by atoms with Crippen molar-refractivity contribution < 1.29 is 19.4 Å². The number of likely N-dealkylation sites (tertiary alicyclic amines) is 1. The minimum atomic E-state index is -0.582. The van der Waals surface area contributed by atoms with E-state index in [0.717, 1.165) is 54.1 Å². The summed E-state index contributed by atoms with van der Waals surface area (Å²) in [6.45, 7) is 10.2.